The van der Waals surface area contributed by atoms with Gasteiger partial charge in [0.1, 0.15) is 11.4 Å². The quantitative estimate of drug-likeness (QED) is 0.141. The fraction of sp³-hybridized carbons (Fsp3) is 0.345. The van der Waals surface area contributed by atoms with Gasteiger partial charge in [-0.05, 0) is 72.6 Å². The third kappa shape index (κ3) is 8.96. The fourth-order valence-corrected chi connectivity index (χ4v) is 3.46. The molecule has 3 aromatic carbocycles. The average Bonchev–Trinajstić information content (AvgIpc) is 2.87. The zero-order valence-electron chi connectivity index (χ0n) is 21.0. The third-order valence-corrected chi connectivity index (χ3v) is 5.58. The average molecular weight is 475 g/mol. The smallest absolute Gasteiger partial charge is 0.152 e. The minimum Gasteiger partial charge on any atom is -0.494 e. The van der Waals surface area contributed by atoms with Crippen LogP contribution < -0.4 is 9.64 Å². The molecule has 0 aliphatic rings. The lowest BCUT2D eigenvalue weighted by molar-refractivity contribution is 0.304. The van der Waals surface area contributed by atoms with Gasteiger partial charge in [0.2, 0.25) is 0 Å². The zero-order chi connectivity index (χ0) is 24.9. The molecule has 5 nitrogen and oxygen atoms in total. The third-order valence-electron chi connectivity index (χ3n) is 5.58. The van der Waals surface area contributed by atoms with Crippen molar-refractivity contribution in [3.8, 4) is 5.75 Å². The predicted molar refractivity (Wildman–Crippen MR) is 144 cm³/mol. The fourth-order valence-electron chi connectivity index (χ4n) is 3.46. The van der Waals surface area contributed by atoms with Crippen LogP contribution >= 0.6 is 0 Å². The Morgan fingerprint density at radius 1 is 0.800 bits per heavy atom. The van der Waals surface area contributed by atoms with Gasteiger partial charge >= 0.3 is 0 Å². The number of rotatable bonds is 13. The molecule has 0 saturated heterocycles. The summed E-state index contributed by atoms with van der Waals surface area (Å²) in [5, 5.41) is 8.17. The molecule has 0 amide bonds. The zero-order valence-corrected chi connectivity index (χ0v) is 21.0. The molecule has 0 radical (unpaired) electrons. The first-order valence-corrected chi connectivity index (χ1v) is 12.3. The van der Waals surface area contributed by atoms with Gasteiger partial charge in [-0.3, -0.25) is 4.99 Å². The summed E-state index contributed by atoms with van der Waals surface area (Å²) in [7, 11) is 3.94. The molecular weight excluding hydrogens is 439 g/mol. The van der Waals surface area contributed by atoms with Crippen LogP contribution in [0.15, 0.2) is 82.0 Å². The van der Waals surface area contributed by atoms with Crippen LogP contribution in [0.4, 0.5) is 27.1 Å². The summed E-state index contributed by atoms with van der Waals surface area (Å²) in [6, 6.07) is 20.0. The topological polar surface area (TPSA) is 49.6 Å². The highest BCUT2D eigenvalue weighted by Gasteiger charge is 2.03. The first-order chi connectivity index (χ1) is 17.0. The largest absolute Gasteiger partial charge is 0.494 e. The number of anilines is 1. The summed E-state index contributed by atoms with van der Waals surface area (Å²) in [6.45, 7) is 2.97. The second-order valence-electron chi connectivity index (χ2n) is 8.69. The van der Waals surface area contributed by atoms with E-state index in [9.17, 15) is 4.39 Å². The molecule has 0 unspecified atom stereocenters. The van der Waals surface area contributed by atoms with E-state index in [0.29, 0.717) is 11.4 Å². The summed E-state index contributed by atoms with van der Waals surface area (Å²) in [6.07, 6.45) is 9.18. The minimum atomic E-state index is -0.466. The lowest BCUT2D eigenvalue weighted by Crippen LogP contribution is -2.07. The molecule has 0 bridgehead atoms. The van der Waals surface area contributed by atoms with Crippen molar-refractivity contribution >= 4 is 29.0 Å². The highest BCUT2D eigenvalue weighted by atomic mass is 19.1. The SMILES string of the molecule is CCCCCCCCOc1ccc(/C=N/c2ccc(/N=N/c3ccc(N(C)C)cc3)c(F)c2)cc1. The van der Waals surface area contributed by atoms with E-state index in [0.717, 1.165) is 30.0 Å². The maximum Gasteiger partial charge on any atom is 0.152 e. The molecule has 35 heavy (non-hydrogen) atoms. The van der Waals surface area contributed by atoms with Crippen LogP contribution in [0.5, 0.6) is 5.75 Å². The van der Waals surface area contributed by atoms with Crippen LogP contribution in [-0.2, 0) is 0 Å². The number of aliphatic imine (C=N–C) groups is 1. The Hall–Kier alpha value is -3.54. The first kappa shape index (κ1) is 26.1. The van der Waals surface area contributed by atoms with E-state index in [1.165, 1.54) is 38.2 Å². The lowest BCUT2D eigenvalue weighted by Gasteiger charge is -2.11. The van der Waals surface area contributed by atoms with E-state index in [4.69, 9.17) is 4.74 Å². The van der Waals surface area contributed by atoms with Gasteiger partial charge in [0.25, 0.3) is 0 Å². The number of halogens is 1. The van der Waals surface area contributed by atoms with Crippen LogP contribution in [-0.4, -0.2) is 26.9 Å². The first-order valence-electron chi connectivity index (χ1n) is 12.3. The van der Waals surface area contributed by atoms with Crippen molar-refractivity contribution in [2.24, 2.45) is 15.2 Å². The van der Waals surface area contributed by atoms with Gasteiger partial charge < -0.3 is 9.64 Å². The maximum absolute atomic E-state index is 14.5. The summed E-state index contributed by atoms with van der Waals surface area (Å²) in [5.41, 5.74) is 3.33. The Balaban J connectivity index is 1.49. The van der Waals surface area contributed by atoms with E-state index in [-0.39, 0.29) is 5.69 Å². The Labute approximate surface area is 208 Å². The van der Waals surface area contributed by atoms with Crippen LogP contribution in [0, 0.1) is 5.82 Å². The van der Waals surface area contributed by atoms with Gasteiger partial charge in [-0.25, -0.2) is 4.39 Å². The van der Waals surface area contributed by atoms with Gasteiger partial charge in [0, 0.05) is 32.1 Å². The molecule has 0 heterocycles. The molecule has 0 aliphatic carbocycles. The number of ether oxygens (including phenoxy) is 1. The number of unbranched alkanes of at least 4 members (excludes halogenated alkanes) is 5. The summed E-state index contributed by atoms with van der Waals surface area (Å²) < 4.78 is 20.3. The van der Waals surface area contributed by atoms with Gasteiger partial charge in [-0.2, -0.15) is 5.11 Å². The van der Waals surface area contributed by atoms with Crippen LogP contribution in [0.3, 0.4) is 0 Å². The number of hydrogen-bond acceptors (Lipinski definition) is 5. The molecule has 0 saturated carbocycles. The van der Waals surface area contributed by atoms with Crippen LogP contribution in [0.2, 0.25) is 0 Å². The molecule has 0 fully saturated rings. The van der Waals surface area contributed by atoms with E-state index in [1.54, 1.807) is 18.3 Å². The van der Waals surface area contributed by atoms with Crippen molar-refractivity contribution in [1.82, 2.24) is 0 Å². The van der Waals surface area contributed by atoms with Gasteiger partial charge in [0.15, 0.2) is 5.82 Å². The summed E-state index contributed by atoms with van der Waals surface area (Å²) >= 11 is 0. The van der Waals surface area contributed by atoms with Crippen molar-refractivity contribution in [2.75, 3.05) is 25.6 Å². The molecular formula is C29H35FN4O. The van der Waals surface area contributed by atoms with Crippen molar-refractivity contribution in [1.29, 1.82) is 0 Å². The summed E-state index contributed by atoms with van der Waals surface area (Å²) in [5.74, 6) is 0.388. The van der Waals surface area contributed by atoms with E-state index in [2.05, 4.69) is 22.1 Å². The Bertz CT molecular complexity index is 1090. The van der Waals surface area contributed by atoms with Gasteiger partial charge in [0.05, 0.1) is 18.0 Å². The summed E-state index contributed by atoms with van der Waals surface area (Å²) in [4.78, 5) is 6.38. The molecule has 0 spiro atoms. The monoisotopic (exact) mass is 474 g/mol. The van der Waals surface area contributed by atoms with Crippen molar-refractivity contribution in [2.45, 2.75) is 45.4 Å². The second-order valence-corrected chi connectivity index (χ2v) is 8.69. The lowest BCUT2D eigenvalue weighted by atomic mass is 10.1. The molecule has 0 atom stereocenters. The van der Waals surface area contributed by atoms with Gasteiger partial charge in [-0.1, -0.05) is 39.0 Å². The van der Waals surface area contributed by atoms with Crippen LogP contribution in [0.25, 0.3) is 0 Å². The number of hydrogen-bond donors (Lipinski definition) is 0. The van der Waals surface area contributed by atoms with Crippen molar-refractivity contribution in [3.05, 3.63) is 78.1 Å². The second kappa shape index (κ2) is 14.0. The molecule has 0 N–H and O–H groups in total. The van der Waals surface area contributed by atoms with Crippen LogP contribution in [0.1, 0.15) is 51.0 Å². The van der Waals surface area contributed by atoms with E-state index >= 15 is 0 Å². The van der Waals surface area contributed by atoms with E-state index in [1.807, 2.05) is 67.5 Å². The van der Waals surface area contributed by atoms with E-state index < -0.39 is 5.82 Å². The van der Waals surface area contributed by atoms with Crippen molar-refractivity contribution in [3.63, 3.8) is 0 Å². The van der Waals surface area contributed by atoms with Crippen molar-refractivity contribution < 1.29 is 9.13 Å². The van der Waals surface area contributed by atoms with Gasteiger partial charge in [-0.15, -0.1) is 5.11 Å². The Morgan fingerprint density at radius 3 is 2.17 bits per heavy atom. The number of azo groups is 1. The Kier molecular flexibility index (Phi) is 10.4. The molecule has 3 aromatic rings. The minimum absolute atomic E-state index is 0.174. The highest BCUT2D eigenvalue weighted by Crippen LogP contribution is 2.26. The molecule has 3 rings (SSSR count). The Morgan fingerprint density at radius 2 is 1.49 bits per heavy atom. The number of benzene rings is 3. The molecule has 0 aromatic heterocycles. The highest BCUT2D eigenvalue weighted by molar-refractivity contribution is 5.82. The molecule has 184 valence electrons. The number of nitrogens with zero attached hydrogens (tertiary/aromatic N) is 4. The predicted octanol–water partition coefficient (Wildman–Crippen LogP) is 8.80. The molecule has 6 heteroatoms. The normalized spacial score (nSPS) is 11.4. The maximum atomic E-state index is 14.5. The molecule has 0 aliphatic heterocycles. The standard InChI is InChI=1S/C29H35FN4O/c1-4-5-6-7-8-9-20-35-27-17-10-23(11-18-27)22-31-25-14-19-29(28(30)21-25)33-32-24-12-15-26(16-13-24)34(2)3/h10-19,21-22H,4-9,20H2,1-3H3/b31-22+,33-32+.